The maximum Gasteiger partial charge on any atom is 0.410 e. The molecule has 43 heavy (non-hydrogen) atoms. The number of epoxide rings is 1. The molecule has 0 aliphatic carbocycles. The summed E-state index contributed by atoms with van der Waals surface area (Å²) >= 11 is 0. The smallest absolute Gasteiger partial charge is 0.410 e. The van der Waals surface area contributed by atoms with Crippen molar-refractivity contribution in [1.82, 2.24) is 10.2 Å². The first-order valence-electron chi connectivity index (χ1n) is 15.9. The second kappa shape index (κ2) is 16.2. The average molecular weight is 607 g/mol. The van der Waals surface area contributed by atoms with Crippen LogP contribution < -0.4 is 5.32 Å². The zero-order valence-corrected chi connectivity index (χ0v) is 26.8. The molecule has 3 heterocycles. The summed E-state index contributed by atoms with van der Waals surface area (Å²) in [6, 6.07) is 0. The van der Waals surface area contributed by atoms with Gasteiger partial charge >= 0.3 is 12.1 Å². The number of cyclic esters (lactones) is 1. The van der Waals surface area contributed by atoms with E-state index in [0.29, 0.717) is 38.8 Å². The van der Waals surface area contributed by atoms with E-state index in [1.807, 2.05) is 52.8 Å². The number of carbonyl (C=O) groups is 2. The number of aliphatic hydroxyl groups is 3. The van der Waals surface area contributed by atoms with Crippen LogP contribution in [-0.2, 0) is 19.0 Å². The molecule has 0 saturated carbocycles. The number of nitrogens with one attached hydrogen (secondary N) is 1. The number of ether oxygens (including phenoxy) is 3. The molecule has 4 N–H and O–H groups in total. The van der Waals surface area contributed by atoms with E-state index in [9.17, 15) is 24.9 Å². The van der Waals surface area contributed by atoms with E-state index >= 15 is 0 Å². The topological polar surface area (TPSA) is 141 Å². The molecular weight excluding hydrogens is 552 g/mol. The Morgan fingerprint density at radius 1 is 1.26 bits per heavy atom. The summed E-state index contributed by atoms with van der Waals surface area (Å²) in [6.45, 7) is 14.1. The van der Waals surface area contributed by atoms with Crippen LogP contribution in [-0.4, -0.2) is 101 Å². The number of aliphatic hydroxyl groups excluding tert-OH is 2. The fraction of sp³-hybridized carbons (Fsp3) is 0.758. The molecule has 3 rings (SSSR count). The summed E-state index contributed by atoms with van der Waals surface area (Å²) in [6.07, 6.45) is 8.11. The zero-order chi connectivity index (χ0) is 31.7. The lowest BCUT2D eigenvalue weighted by molar-refractivity contribution is -0.151. The molecule has 0 bridgehead atoms. The molecule has 0 aromatic heterocycles. The number of allylic oxidation sites excluding steroid dienone is 2. The number of hydrogen-bond donors (Lipinski definition) is 4. The predicted octanol–water partition coefficient (Wildman–Crippen LogP) is 3.50. The summed E-state index contributed by atoms with van der Waals surface area (Å²) in [5.41, 5.74) is -0.351. The van der Waals surface area contributed by atoms with Crippen LogP contribution in [0.3, 0.4) is 0 Å². The number of nitrogens with zero attached hydrogens (tertiary/aromatic N) is 1. The third kappa shape index (κ3) is 11.0. The highest BCUT2D eigenvalue weighted by Gasteiger charge is 2.47. The van der Waals surface area contributed by atoms with Crippen molar-refractivity contribution in [3.63, 3.8) is 0 Å². The van der Waals surface area contributed by atoms with Gasteiger partial charge in [0.15, 0.2) is 0 Å². The van der Waals surface area contributed by atoms with Gasteiger partial charge < -0.3 is 39.7 Å². The first kappa shape index (κ1) is 35.2. The lowest BCUT2D eigenvalue weighted by Crippen LogP contribution is -2.47. The Morgan fingerprint density at radius 3 is 2.63 bits per heavy atom. The Labute approximate surface area is 257 Å². The molecule has 3 aliphatic rings. The monoisotopic (exact) mass is 606 g/mol. The van der Waals surface area contributed by atoms with Crippen LogP contribution in [0.2, 0.25) is 0 Å². The van der Waals surface area contributed by atoms with Crippen molar-refractivity contribution in [1.29, 1.82) is 0 Å². The van der Waals surface area contributed by atoms with Gasteiger partial charge in [0.1, 0.15) is 12.2 Å². The first-order chi connectivity index (χ1) is 20.3. The van der Waals surface area contributed by atoms with Crippen molar-refractivity contribution in [3.05, 3.63) is 36.0 Å². The maximum absolute atomic E-state index is 12.9. The molecule has 1 amide bonds. The van der Waals surface area contributed by atoms with E-state index < -0.39 is 36.0 Å². The van der Waals surface area contributed by atoms with Crippen LogP contribution in [0.15, 0.2) is 36.0 Å². The van der Waals surface area contributed by atoms with E-state index in [1.165, 1.54) is 0 Å². The van der Waals surface area contributed by atoms with Crippen LogP contribution in [0.1, 0.15) is 73.6 Å². The Bertz CT molecular complexity index is 1000. The van der Waals surface area contributed by atoms with Crippen molar-refractivity contribution in [2.45, 2.75) is 116 Å². The van der Waals surface area contributed by atoms with Crippen molar-refractivity contribution >= 4 is 12.1 Å². The molecule has 2 fully saturated rings. The minimum Gasteiger partial charge on any atom is -0.457 e. The lowest BCUT2D eigenvalue weighted by atomic mass is 9.91. The van der Waals surface area contributed by atoms with Gasteiger partial charge in [-0.25, -0.2) is 4.79 Å². The quantitative estimate of drug-likeness (QED) is 0.134. The number of piperazine rings is 1. The Balaban J connectivity index is 1.70. The standard InChI is InChI=1S/C33H54N2O8/c1-7-26(37)24(5)31-28(41-31)20-33(6,40)14-8-9-22(3)30-23(4)11-13-27(42-32(39)35-17-15-34-16-18-35)21(2)10-12-25(36)19-29(38)43-30/h8-9,11,13-14,21,23-28,30-31,34,36-37,40H,7,10,12,15-20H2,1-6H3/b13-11+,14-8+,22-9+. The zero-order valence-electron chi connectivity index (χ0n) is 26.8. The first-order valence-corrected chi connectivity index (χ1v) is 15.9. The summed E-state index contributed by atoms with van der Waals surface area (Å²) < 4.78 is 17.5. The predicted molar refractivity (Wildman–Crippen MR) is 164 cm³/mol. The molecule has 2 saturated heterocycles. The molecule has 10 unspecified atom stereocenters. The van der Waals surface area contributed by atoms with Crippen molar-refractivity contribution in [2.24, 2.45) is 17.8 Å². The second-order valence-corrected chi connectivity index (χ2v) is 13.0. The fourth-order valence-corrected chi connectivity index (χ4v) is 5.84. The maximum atomic E-state index is 12.9. The summed E-state index contributed by atoms with van der Waals surface area (Å²) in [5, 5.41) is 34.8. The van der Waals surface area contributed by atoms with Gasteiger partial charge in [-0.05, 0) is 50.7 Å². The van der Waals surface area contributed by atoms with Crippen LogP contribution in [0.25, 0.3) is 0 Å². The third-order valence-electron chi connectivity index (χ3n) is 8.91. The molecule has 10 atom stereocenters. The second-order valence-electron chi connectivity index (χ2n) is 13.0. The number of esters is 1. The normalized spacial score (nSPS) is 34.7. The number of carbonyl (C=O) groups excluding carboxylic acids is 2. The van der Waals surface area contributed by atoms with Crippen LogP contribution in [0, 0.1) is 17.8 Å². The molecule has 0 aromatic carbocycles. The highest BCUT2D eigenvalue weighted by Crippen LogP contribution is 2.37. The highest BCUT2D eigenvalue weighted by atomic mass is 16.6. The van der Waals surface area contributed by atoms with Gasteiger partial charge in [0.05, 0.1) is 36.4 Å². The van der Waals surface area contributed by atoms with Crippen molar-refractivity contribution in [2.75, 3.05) is 26.2 Å². The Hall–Kier alpha value is -2.24. The summed E-state index contributed by atoms with van der Waals surface area (Å²) in [4.78, 5) is 27.3. The van der Waals surface area contributed by atoms with E-state index in [-0.39, 0.29) is 42.5 Å². The third-order valence-corrected chi connectivity index (χ3v) is 8.91. The highest BCUT2D eigenvalue weighted by molar-refractivity contribution is 5.70. The van der Waals surface area contributed by atoms with E-state index in [0.717, 1.165) is 18.7 Å². The van der Waals surface area contributed by atoms with Crippen molar-refractivity contribution < 1.29 is 39.1 Å². The van der Waals surface area contributed by atoms with E-state index in [2.05, 4.69) is 5.32 Å². The minimum atomic E-state index is -1.12. The average Bonchev–Trinajstić information content (AvgIpc) is 3.73. The van der Waals surface area contributed by atoms with Crippen molar-refractivity contribution in [3.8, 4) is 0 Å². The fourth-order valence-electron chi connectivity index (χ4n) is 5.84. The van der Waals surface area contributed by atoms with Gasteiger partial charge in [-0.2, -0.15) is 0 Å². The number of rotatable bonds is 9. The molecule has 0 spiro atoms. The Morgan fingerprint density at radius 2 is 1.95 bits per heavy atom. The summed E-state index contributed by atoms with van der Waals surface area (Å²) in [7, 11) is 0. The molecule has 3 aliphatic heterocycles. The SMILES string of the molecule is CCC(O)C(C)C1OC1CC(C)(O)/C=C/C=C(\C)C1OC(=O)CC(O)CCC(C)C(OC(=O)N2CCNCC2)/C=C/C1C. The summed E-state index contributed by atoms with van der Waals surface area (Å²) in [5.74, 6) is -0.764. The van der Waals surface area contributed by atoms with Gasteiger partial charge in [-0.3, -0.25) is 4.79 Å². The molecule has 10 heteroatoms. The largest absolute Gasteiger partial charge is 0.457 e. The minimum absolute atomic E-state index is 0.00827. The van der Waals surface area contributed by atoms with Gasteiger partial charge in [-0.15, -0.1) is 0 Å². The van der Waals surface area contributed by atoms with Crippen LogP contribution in [0.4, 0.5) is 4.79 Å². The van der Waals surface area contributed by atoms with Crippen LogP contribution >= 0.6 is 0 Å². The van der Waals surface area contributed by atoms with E-state index in [4.69, 9.17) is 14.2 Å². The molecule has 0 aromatic rings. The lowest BCUT2D eigenvalue weighted by Gasteiger charge is -2.31. The van der Waals surface area contributed by atoms with Gasteiger partial charge in [0, 0.05) is 44.4 Å². The molecule has 244 valence electrons. The van der Waals surface area contributed by atoms with Gasteiger partial charge in [-0.1, -0.05) is 52.0 Å². The number of hydrogen-bond acceptors (Lipinski definition) is 9. The number of amides is 1. The molecule has 0 radical (unpaired) electrons. The Kier molecular flexibility index (Phi) is 13.3. The van der Waals surface area contributed by atoms with Crippen LogP contribution in [0.5, 0.6) is 0 Å². The van der Waals surface area contributed by atoms with E-state index in [1.54, 1.807) is 24.0 Å². The molecular formula is C33H54N2O8. The van der Waals surface area contributed by atoms with Gasteiger partial charge in [0.25, 0.3) is 0 Å². The van der Waals surface area contributed by atoms with Gasteiger partial charge in [0.2, 0.25) is 0 Å². The molecule has 10 nitrogen and oxygen atoms in total.